The number of carbonyl (C=O) groups excluding carboxylic acids is 1. The van der Waals surface area contributed by atoms with Crippen molar-refractivity contribution in [3.05, 3.63) is 41.1 Å². The third kappa shape index (κ3) is 4.30. The van der Waals surface area contributed by atoms with Gasteiger partial charge in [-0.2, -0.15) is 5.10 Å². The van der Waals surface area contributed by atoms with Crippen LogP contribution in [0.5, 0.6) is 5.88 Å². The second-order valence-electron chi connectivity index (χ2n) is 7.19. The minimum absolute atomic E-state index is 0.152. The Morgan fingerprint density at radius 1 is 1.24 bits per heavy atom. The highest BCUT2D eigenvalue weighted by molar-refractivity contribution is 5.72. The summed E-state index contributed by atoms with van der Waals surface area (Å²) in [6, 6.07) is 8.09. The van der Waals surface area contributed by atoms with E-state index in [2.05, 4.69) is 38.0 Å². The lowest BCUT2D eigenvalue weighted by Gasteiger charge is -2.12. The van der Waals surface area contributed by atoms with Crippen LogP contribution in [0.15, 0.2) is 24.3 Å². The smallest absolute Gasteiger partial charge is 0.312 e. The summed E-state index contributed by atoms with van der Waals surface area (Å²) in [5, 5.41) is 4.62. The molecular weight excluding hydrogens is 312 g/mol. The summed E-state index contributed by atoms with van der Waals surface area (Å²) in [6.07, 6.45) is 7.37. The Morgan fingerprint density at radius 3 is 2.68 bits per heavy atom. The lowest BCUT2D eigenvalue weighted by Crippen LogP contribution is -2.13. The molecule has 2 aromatic rings. The van der Waals surface area contributed by atoms with Gasteiger partial charge in [-0.3, -0.25) is 4.79 Å². The van der Waals surface area contributed by atoms with E-state index in [1.54, 1.807) is 4.68 Å². The van der Waals surface area contributed by atoms with Crippen LogP contribution >= 0.6 is 0 Å². The molecule has 0 radical (unpaired) electrons. The van der Waals surface area contributed by atoms with Gasteiger partial charge < -0.3 is 4.74 Å². The van der Waals surface area contributed by atoms with Crippen LogP contribution in [0.25, 0.3) is 5.69 Å². The molecule has 4 heteroatoms. The zero-order chi connectivity index (χ0) is 17.8. The van der Waals surface area contributed by atoms with Crippen LogP contribution < -0.4 is 4.74 Å². The first-order valence-electron chi connectivity index (χ1n) is 9.44. The van der Waals surface area contributed by atoms with Gasteiger partial charge in [-0.25, -0.2) is 4.68 Å². The molecule has 0 aliphatic heterocycles. The van der Waals surface area contributed by atoms with Crippen LogP contribution in [0.1, 0.15) is 62.3 Å². The number of hydrogen-bond acceptors (Lipinski definition) is 3. The number of carbonyl (C=O) groups is 1. The van der Waals surface area contributed by atoms with E-state index < -0.39 is 0 Å². The van der Waals surface area contributed by atoms with Gasteiger partial charge in [0.2, 0.25) is 5.88 Å². The minimum atomic E-state index is -0.152. The molecule has 1 aliphatic rings. The summed E-state index contributed by atoms with van der Waals surface area (Å²) in [5.74, 6) is 1.07. The third-order valence-electron chi connectivity index (χ3n) is 5.12. The van der Waals surface area contributed by atoms with Crippen molar-refractivity contribution in [3.63, 3.8) is 0 Å². The Kier molecular flexibility index (Phi) is 5.57. The summed E-state index contributed by atoms with van der Waals surface area (Å²) < 4.78 is 7.45. The number of nitrogens with zero attached hydrogens (tertiary/aromatic N) is 2. The molecule has 1 heterocycles. The normalized spacial score (nSPS) is 14.8. The number of hydrogen-bond donors (Lipinski definition) is 0. The average Bonchev–Trinajstić information content (AvgIpc) is 3.23. The third-order valence-corrected chi connectivity index (χ3v) is 5.12. The topological polar surface area (TPSA) is 44.1 Å². The maximum Gasteiger partial charge on any atom is 0.312 e. The second-order valence-corrected chi connectivity index (χ2v) is 7.19. The van der Waals surface area contributed by atoms with Gasteiger partial charge in [0.15, 0.2) is 0 Å². The fourth-order valence-electron chi connectivity index (χ4n) is 3.66. The number of aryl methyl sites for hydroxylation is 3. The first-order valence-corrected chi connectivity index (χ1v) is 9.44. The molecule has 1 aliphatic carbocycles. The van der Waals surface area contributed by atoms with E-state index in [0.29, 0.717) is 18.2 Å². The molecule has 0 atom stereocenters. The van der Waals surface area contributed by atoms with Crippen LogP contribution in [0.2, 0.25) is 0 Å². The maximum atomic E-state index is 12.3. The fourth-order valence-corrected chi connectivity index (χ4v) is 3.66. The Morgan fingerprint density at radius 2 is 2.00 bits per heavy atom. The zero-order valence-electron chi connectivity index (χ0n) is 15.5. The molecule has 0 bridgehead atoms. The highest BCUT2D eigenvalue weighted by Crippen LogP contribution is 2.29. The van der Waals surface area contributed by atoms with Crippen molar-refractivity contribution in [3.8, 4) is 11.6 Å². The quantitative estimate of drug-likeness (QED) is 0.701. The molecule has 0 saturated heterocycles. The van der Waals surface area contributed by atoms with E-state index in [1.807, 2.05) is 12.1 Å². The molecule has 0 N–H and O–H groups in total. The van der Waals surface area contributed by atoms with Crippen LogP contribution in [0, 0.1) is 19.8 Å². The van der Waals surface area contributed by atoms with Crippen LogP contribution in [0.3, 0.4) is 0 Å². The van der Waals surface area contributed by atoms with Crippen molar-refractivity contribution in [2.45, 2.75) is 65.7 Å². The van der Waals surface area contributed by atoms with Crippen LogP contribution in [0.4, 0.5) is 0 Å². The summed E-state index contributed by atoms with van der Waals surface area (Å²) >= 11 is 0. The molecule has 0 unspecified atom stereocenters. The lowest BCUT2D eigenvalue weighted by molar-refractivity contribution is -0.135. The monoisotopic (exact) mass is 340 g/mol. The van der Waals surface area contributed by atoms with Gasteiger partial charge in [0.1, 0.15) is 0 Å². The standard InChI is InChI=1S/C21H28N2O2/c1-4-18-14-20(25-21(24)12-10-17-7-5-6-8-17)23(22-18)19-11-9-15(2)13-16(19)3/h9,11,13-14,17H,4-8,10,12H2,1-3H3. The Hall–Kier alpha value is -2.10. The summed E-state index contributed by atoms with van der Waals surface area (Å²) in [6.45, 7) is 6.18. The first-order chi connectivity index (χ1) is 12.1. The van der Waals surface area contributed by atoms with Crippen molar-refractivity contribution in [2.24, 2.45) is 5.92 Å². The Labute approximate surface area is 150 Å². The van der Waals surface area contributed by atoms with Crippen molar-refractivity contribution in [1.29, 1.82) is 0 Å². The highest BCUT2D eigenvalue weighted by Gasteiger charge is 2.19. The van der Waals surface area contributed by atoms with E-state index in [1.165, 1.54) is 31.2 Å². The molecule has 1 fully saturated rings. The number of aromatic nitrogens is 2. The van der Waals surface area contributed by atoms with Gasteiger partial charge in [0, 0.05) is 12.5 Å². The predicted molar refractivity (Wildman–Crippen MR) is 99.2 cm³/mol. The Balaban J connectivity index is 1.76. The van der Waals surface area contributed by atoms with E-state index in [9.17, 15) is 4.79 Å². The van der Waals surface area contributed by atoms with Gasteiger partial charge in [-0.15, -0.1) is 0 Å². The predicted octanol–water partition coefficient (Wildman–Crippen LogP) is 4.93. The molecule has 3 rings (SSSR count). The van der Waals surface area contributed by atoms with E-state index in [-0.39, 0.29) is 5.97 Å². The molecule has 1 saturated carbocycles. The molecular formula is C21H28N2O2. The molecule has 0 spiro atoms. The SMILES string of the molecule is CCc1cc(OC(=O)CCC2CCCC2)n(-c2ccc(C)cc2C)n1. The van der Waals surface area contributed by atoms with Gasteiger partial charge >= 0.3 is 5.97 Å². The Bertz CT molecular complexity index is 742. The molecule has 134 valence electrons. The molecule has 1 aromatic heterocycles. The number of benzene rings is 1. The van der Waals surface area contributed by atoms with Gasteiger partial charge in [-0.05, 0) is 44.2 Å². The second kappa shape index (κ2) is 7.85. The summed E-state index contributed by atoms with van der Waals surface area (Å²) in [7, 11) is 0. The number of esters is 1. The van der Waals surface area contributed by atoms with Crippen molar-refractivity contribution in [1.82, 2.24) is 9.78 Å². The molecule has 0 amide bonds. The van der Waals surface area contributed by atoms with E-state index in [4.69, 9.17) is 4.74 Å². The lowest BCUT2D eigenvalue weighted by atomic mass is 10.0. The fraction of sp³-hybridized carbons (Fsp3) is 0.524. The highest BCUT2D eigenvalue weighted by atomic mass is 16.5. The van der Waals surface area contributed by atoms with Crippen molar-refractivity contribution in [2.75, 3.05) is 0 Å². The van der Waals surface area contributed by atoms with Gasteiger partial charge in [0.25, 0.3) is 0 Å². The molecule has 25 heavy (non-hydrogen) atoms. The van der Waals surface area contributed by atoms with Gasteiger partial charge in [-0.1, -0.05) is 50.3 Å². The molecule has 4 nitrogen and oxygen atoms in total. The van der Waals surface area contributed by atoms with E-state index in [0.717, 1.165) is 29.8 Å². The minimum Gasteiger partial charge on any atom is -0.407 e. The van der Waals surface area contributed by atoms with E-state index >= 15 is 0 Å². The molecule has 1 aromatic carbocycles. The van der Waals surface area contributed by atoms with Crippen LogP contribution in [-0.4, -0.2) is 15.7 Å². The number of rotatable bonds is 6. The van der Waals surface area contributed by atoms with Crippen molar-refractivity contribution < 1.29 is 9.53 Å². The average molecular weight is 340 g/mol. The number of ether oxygens (including phenoxy) is 1. The van der Waals surface area contributed by atoms with Gasteiger partial charge in [0.05, 0.1) is 11.4 Å². The van der Waals surface area contributed by atoms with Crippen LogP contribution in [-0.2, 0) is 11.2 Å². The largest absolute Gasteiger partial charge is 0.407 e. The summed E-state index contributed by atoms with van der Waals surface area (Å²) in [4.78, 5) is 12.3. The first kappa shape index (κ1) is 17.7. The van der Waals surface area contributed by atoms with Crippen molar-refractivity contribution >= 4 is 5.97 Å². The zero-order valence-corrected chi connectivity index (χ0v) is 15.5. The summed E-state index contributed by atoms with van der Waals surface area (Å²) in [5.41, 5.74) is 4.22. The maximum absolute atomic E-state index is 12.3.